The molecule has 0 bridgehead atoms. The summed E-state index contributed by atoms with van der Waals surface area (Å²) in [5.74, 6) is 0.545. The first-order chi connectivity index (χ1) is 12.2. The highest BCUT2D eigenvalue weighted by molar-refractivity contribution is 7.10. The summed E-state index contributed by atoms with van der Waals surface area (Å²) in [5.41, 5.74) is 8.86. The predicted octanol–water partition coefficient (Wildman–Crippen LogP) is 3.55. The van der Waals surface area contributed by atoms with E-state index in [1.54, 1.807) is 0 Å². The molecule has 1 aliphatic rings. The van der Waals surface area contributed by atoms with Crippen molar-refractivity contribution in [1.29, 1.82) is 0 Å². The lowest BCUT2D eigenvalue weighted by Crippen LogP contribution is -2.39. The molecule has 0 spiro atoms. The van der Waals surface area contributed by atoms with Crippen molar-refractivity contribution in [3.63, 3.8) is 0 Å². The zero-order valence-electron chi connectivity index (χ0n) is 15.1. The van der Waals surface area contributed by atoms with E-state index in [-0.39, 0.29) is 6.04 Å². The first-order valence-electron chi connectivity index (χ1n) is 9.08. The second-order valence-corrected chi connectivity index (χ2v) is 7.70. The minimum atomic E-state index is 0.256. The number of nitrogens with two attached hydrogens (primary N) is 1. The molecule has 0 saturated heterocycles. The average Bonchev–Trinajstić information content (AvgIpc) is 3.10. The quantitative estimate of drug-likeness (QED) is 0.615. The Labute approximate surface area is 154 Å². The number of nitrogens with zero attached hydrogens (tertiary/aromatic N) is 2. The van der Waals surface area contributed by atoms with Crippen LogP contribution in [-0.2, 0) is 13.0 Å². The molecule has 5 heteroatoms. The highest BCUT2D eigenvalue weighted by Gasteiger charge is 2.25. The Morgan fingerprint density at radius 1 is 1.32 bits per heavy atom. The third kappa shape index (κ3) is 4.61. The first kappa shape index (κ1) is 18.0. The van der Waals surface area contributed by atoms with Crippen molar-refractivity contribution >= 4 is 17.3 Å². The molecule has 2 aromatic rings. The highest BCUT2D eigenvalue weighted by Crippen LogP contribution is 2.30. The minimum Gasteiger partial charge on any atom is -0.370 e. The Morgan fingerprint density at radius 3 is 2.88 bits per heavy atom. The van der Waals surface area contributed by atoms with Crippen LogP contribution >= 0.6 is 11.3 Å². The largest absolute Gasteiger partial charge is 0.370 e. The number of fused-ring (bicyclic) bond motifs is 1. The highest BCUT2D eigenvalue weighted by atomic mass is 32.1. The van der Waals surface area contributed by atoms with Crippen LogP contribution in [0.3, 0.4) is 0 Å². The van der Waals surface area contributed by atoms with E-state index >= 15 is 0 Å². The Hall–Kier alpha value is -1.85. The number of benzene rings is 1. The van der Waals surface area contributed by atoms with Crippen molar-refractivity contribution in [3.8, 4) is 0 Å². The van der Waals surface area contributed by atoms with Crippen molar-refractivity contribution in [2.75, 3.05) is 13.1 Å². The van der Waals surface area contributed by atoms with Crippen LogP contribution in [0, 0.1) is 0 Å². The van der Waals surface area contributed by atoms with Crippen molar-refractivity contribution < 1.29 is 0 Å². The smallest absolute Gasteiger partial charge is 0.188 e. The fraction of sp³-hybridized carbons (Fsp3) is 0.450. The van der Waals surface area contributed by atoms with Crippen LogP contribution in [-0.4, -0.2) is 30.0 Å². The lowest BCUT2D eigenvalue weighted by Gasteiger charge is -2.34. The summed E-state index contributed by atoms with van der Waals surface area (Å²) < 4.78 is 0. The molecule has 2 atom stereocenters. The van der Waals surface area contributed by atoms with Gasteiger partial charge in [-0.2, -0.15) is 0 Å². The lowest BCUT2D eigenvalue weighted by atomic mass is 10.0. The second-order valence-electron chi connectivity index (χ2n) is 6.70. The number of rotatable bonds is 6. The SMILES string of the molecule is CCC(C)NC(N)=NCC(c1ccccc1)N1CCc2sccc2C1. The summed E-state index contributed by atoms with van der Waals surface area (Å²) in [6.45, 7) is 7.01. The molecule has 2 heterocycles. The molecule has 0 saturated carbocycles. The van der Waals surface area contributed by atoms with E-state index in [0.29, 0.717) is 18.5 Å². The van der Waals surface area contributed by atoms with E-state index in [4.69, 9.17) is 5.73 Å². The van der Waals surface area contributed by atoms with Crippen molar-refractivity contribution in [3.05, 3.63) is 57.8 Å². The fourth-order valence-corrected chi connectivity index (χ4v) is 4.12. The Kier molecular flexibility index (Phi) is 6.10. The van der Waals surface area contributed by atoms with Crippen molar-refractivity contribution in [2.24, 2.45) is 10.7 Å². The molecular weight excluding hydrogens is 328 g/mol. The van der Waals surface area contributed by atoms with Crippen LogP contribution in [0.5, 0.6) is 0 Å². The molecule has 4 nitrogen and oxygen atoms in total. The van der Waals surface area contributed by atoms with Gasteiger partial charge in [-0.3, -0.25) is 9.89 Å². The van der Waals surface area contributed by atoms with Crippen LogP contribution in [0.2, 0.25) is 0 Å². The maximum Gasteiger partial charge on any atom is 0.188 e. The normalized spacial score (nSPS) is 17.8. The standard InChI is InChI=1S/C20H28N4S/c1-3-15(2)23-20(21)22-13-18(16-7-5-4-6-8-16)24-11-9-19-17(14-24)10-12-25-19/h4-8,10,12,15,18H,3,9,11,13-14H2,1-2H3,(H3,21,22,23). The summed E-state index contributed by atoms with van der Waals surface area (Å²) in [7, 11) is 0. The number of aliphatic imine (C=N–C) groups is 1. The van der Waals surface area contributed by atoms with Gasteiger partial charge in [0.2, 0.25) is 0 Å². The van der Waals surface area contributed by atoms with Gasteiger partial charge in [0.25, 0.3) is 0 Å². The topological polar surface area (TPSA) is 53.6 Å². The molecule has 0 aliphatic carbocycles. The van der Waals surface area contributed by atoms with Crippen molar-refractivity contribution in [1.82, 2.24) is 10.2 Å². The van der Waals surface area contributed by atoms with E-state index in [9.17, 15) is 0 Å². The molecule has 1 aliphatic heterocycles. The number of hydrogen-bond donors (Lipinski definition) is 2. The molecule has 0 fully saturated rings. The average molecular weight is 357 g/mol. The van der Waals surface area contributed by atoms with Crippen LogP contribution in [0.25, 0.3) is 0 Å². The number of thiophene rings is 1. The van der Waals surface area contributed by atoms with Gasteiger partial charge in [-0.05, 0) is 42.3 Å². The summed E-state index contributed by atoms with van der Waals surface area (Å²) in [6, 6.07) is 13.5. The van der Waals surface area contributed by atoms with Crippen LogP contribution in [0.15, 0.2) is 46.8 Å². The Morgan fingerprint density at radius 2 is 2.12 bits per heavy atom. The summed E-state index contributed by atoms with van der Waals surface area (Å²) in [6.07, 6.45) is 2.16. The molecule has 0 radical (unpaired) electrons. The predicted molar refractivity (Wildman–Crippen MR) is 107 cm³/mol. The molecule has 2 unspecified atom stereocenters. The molecule has 1 aromatic carbocycles. The number of guanidine groups is 1. The fourth-order valence-electron chi connectivity index (χ4n) is 3.23. The van der Waals surface area contributed by atoms with Crippen molar-refractivity contribution in [2.45, 2.75) is 45.3 Å². The summed E-state index contributed by atoms with van der Waals surface area (Å²) >= 11 is 1.88. The first-order valence-corrected chi connectivity index (χ1v) is 9.96. The lowest BCUT2D eigenvalue weighted by molar-refractivity contribution is 0.185. The molecule has 134 valence electrons. The maximum atomic E-state index is 6.09. The van der Waals surface area contributed by atoms with E-state index in [1.807, 2.05) is 11.3 Å². The second kappa shape index (κ2) is 8.50. The zero-order chi connectivity index (χ0) is 17.6. The van der Waals surface area contributed by atoms with Gasteiger partial charge in [0.05, 0.1) is 12.6 Å². The molecule has 0 amide bonds. The van der Waals surface area contributed by atoms with Crippen LogP contribution in [0.1, 0.15) is 42.3 Å². The van der Waals surface area contributed by atoms with Gasteiger partial charge in [-0.25, -0.2) is 0 Å². The number of nitrogens with one attached hydrogen (secondary N) is 1. The molecule has 3 N–H and O–H groups in total. The van der Waals surface area contributed by atoms with Gasteiger partial charge in [0.1, 0.15) is 0 Å². The van der Waals surface area contributed by atoms with Gasteiger partial charge < -0.3 is 11.1 Å². The molecule has 1 aromatic heterocycles. The monoisotopic (exact) mass is 356 g/mol. The van der Waals surface area contributed by atoms with Crippen LogP contribution in [0.4, 0.5) is 0 Å². The number of hydrogen-bond acceptors (Lipinski definition) is 3. The molecular formula is C20H28N4S. The Balaban J connectivity index is 1.76. The van der Waals surface area contributed by atoms with Gasteiger partial charge >= 0.3 is 0 Å². The van der Waals surface area contributed by atoms with Gasteiger partial charge in [0.15, 0.2) is 5.96 Å². The summed E-state index contributed by atoms with van der Waals surface area (Å²) in [5, 5.41) is 5.47. The van der Waals surface area contributed by atoms with E-state index in [0.717, 1.165) is 25.9 Å². The van der Waals surface area contributed by atoms with Gasteiger partial charge in [-0.15, -0.1) is 11.3 Å². The maximum absolute atomic E-state index is 6.09. The minimum absolute atomic E-state index is 0.256. The van der Waals surface area contributed by atoms with Gasteiger partial charge in [0, 0.05) is 24.0 Å². The van der Waals surface area contributed by atoms with E-state index in [1.165, 1.54) is 16.0 Å². The van der Waals surface area contributed by atoms with Gasteiger partial charge in [-0.1, -0.05) is 37.3 Å². The zero-order valence-corrected chi connectivity index (χ0v) is 15.9. The van der Waals surface area contributed by atoms with E-state index < -0.39 is 0 Å². The third-order valence-corrected chi connectivity index (χ3v) is 5.93. The molecule has 25 heavy (non-hydrogen) atoms. The third-order valence-electron chi connectivity index (χ3n) is 4.90. The summed E-state index contributed by atoms with van der Waals surface area (Å²) in [4.78, 5) is 8.72. The van der Waals surface area contributed by atoms with E-state index in [2.05, 4.69) is 70.8 Å². The van der Waals surface area contributed by atoms with Crippen LogP contribution < -0.4 is 11.1 Å². The molecule has 3 rings (SSSR count). The Bertz CT molecular complexity index is 695.